The Morgan fingerprint density at radius 2 is 1.57 bits per heavy atom. The van der Waals surface area contributed by atoms with Crippen molar-refractivity contribution < 1.29 is 39.2 Å². The average Bonchev–Trinajstić information content (AvgIpc) is 3.20. The summed E-state index contributed by atoms with van der Waals surface area (Å²) >= 11 is 0. The Morgan fingerprint density at radius 3 is 2.18 bits per heavy atom. The Morgan fingerprint density at radius 1 is 0.959 bits per heavy atom. The summed E-state index contributed by atoms with van der Waals surface area (Å²) in [5.41, 5.74) is 3.19. The second-order valence-electron chi connectivity index (χ2n) is 13.1. The average molecular weight is 735 g/mol. The summed E-state index contributed by atoms with van der Waals surface area (Å²) in [5.74, 6) is -0.445. The molecule has 0 saturated heterocycles. The minimum absolute atomic E-state index is 0.0141. The smallest absolute Gasteiger partial charge is 0.294 e. The van der Waals surface area contributed by atoms with Crippen LogP contribution in [0.1, 0.15) is 70.1 Å². The molecule has 268 valence electrons. The van der Waals surface area contributed by atoms with Gasteiger partial charge in [0.25, 0.3) is 20.2 Å². The highest BCUT2D eigenvalue weighted by Gasteiger charge is 2.40. The van der Waals surface area contributed by atoms with E-state index in [1.54, 1.807) is 12.1 Å². The molecule has 0 spiro atoms. The van der Waals surface area contributed by atoms with Gasteiger partial charge in [-0.2, -0.15) is 16.8 Å². The summed E-state index contributed by atoms with van der Waals surface area (Å²) in [7, 11) is -12.2. The molecule has 1 aliphatic heterocycles. The Hall–Kier alpha value is -3.56. The van der Waals surface area contributed by atoms with Crippen LogP contribution in [0.5, 0.6) is 0 Å². The molecule has 3 rings (SSSR count). The fourth-order valence-electron chi connectivity index (χ4n) is 5.86. The summed E-state index contributed by atoms with van der Waals surface area (Å²) in [6.45, 7) is 17.7. The van der Waals surface area contributed by atoms with E-state index in [0.29, 0.717) is 42.5 Å². The molecule has 3 N–H and O–H groups in total. The fourth-order valence-corrected chi connectivity index (χ4v) is 7.43. The van der Waals surface area contributed by atoms with E-state index in [0.717, 1.165) is 22.4 Å². The highest BCUT2D eigenvalue weighted by atomic mass is 32.2. The normalized spacial score (nSPS) is 15.8. The summed E-state index contributed by atoms with van der Waals surface area (Å²) in [5, 5.41) is 3.48. The maximum Gasteiger partial charge on any atom is 0.294 e. The van der Waals surface area contributed by atoms with Crippen molar-refractivity contribution in [1.82, 2.24) is 5.32 Å². The van der Waals surface area contributed by atoms with E-state index in [4.69, 9.17) is 0 Å². The molecule has 49 heavy (non-hydrogen) atoms. The van der Waals surface area contributed by atoms with E-state index in [-0.39, 0.29) is 34.4 Å². The van der Waals surface area contributed by atoms with Gasteiger partial charge in [-0.25, -0.2) is 8.42 Å². The van der Waals surface area contributed by atoms with Crippen LogP contribution in [0.2, 0.25) is 0 Å². The van der Waals surface area contributed by atoms with Gasteiger partial charge < -0.3 is 10.2 Å². The van der Waals surface area contributed by atoms with Crippen molar-refractivity contribution in [3.8, 4) is 0 Å². The standard InChI is InChI=1S/C35H46N2O9S3/c1-8-47(39,40)22-20-36-33(38)15-10-9-11-21-37-31-19-18-28(49(44,45)46)24-30(31)35(6,7)32(37)14-12-13-26(3)34(4,5)29-23-27(48(41,42)43)17-16-25(29)2/h8,12-14,16-19,23-24H,1,3,9-11,15,20-22H2,2,4-7H3,(H,36,38)(H,41,42,43)(H,44,45,46)/b13-12+,32-14+. The predicted octanol–water partition coefficient (Wildman–Crippen LogP) is 5.80. The zero-order valence-electron chi connectivity index (χ0n) is 28.6. The first kappa shape index (κ1) is 39.9. The Bertz CT molecular complexity index is 2010. The van der Waals surface area contributed by atoms with Gasteiger partial charge in [0.1, 0.15) is 0 Å². The molecule has 0 atom stereocenters. The first-order valence-electron chi connectivity index (χ1n) is 15.7. The molecule has 11 nitrogen and oxygen atoms in total. The van der Waals surface area contributed by atoms with E-state index in [1.807, 2.05) is 52.8 Å². The number of benzene rings is 2. The van der Waals surface area contributed by atoms with Gasteiger partial charge in [-0.3, -0.25) is 13.9 Å². The van der Waals surface area contributed by atoms with Crippen LogP contribution in [0.3, 0.4) is 0 Å². The molecule has 2 aromatic carbocycles. The molecule has 0 fully saturated rings. The van der Waals surface area contributed by atoms with Crippen molar-refractivity contribution in [2.24, 2.45) is 0 Å². The zero-order valence-corrected chi connectivity index (χ0v) is 31.0. The summed E-state index contributed by atoms with van der Waals surface area (Å²) in [6.07, 6.45) is 7.79. The third-order valence-electron chi connectivity index (χ3n) is 8.94. The van der Waals surface area contributed by atoms with Crippen molar-refractivity contribution in [1.29, 1.82) is 0 Å². The molecule has 1 heterocycles. The third-order valence-corrected chi connectivity index (χ3v) is 11.9. The summed E-state index contributed by atoms with van der Waals surface area (Å²) < 4.78 is 90.0. The second kappa shape index (κ2) is 15.1. The largest absolute Gasteiger partial charge is 0.355 e. The van der Waals surface area contributed by atoms with Crippen molar-refractivity contribution in [2.75, 3.05) is 23.7 Å². The molecule has 0 unspecified atom stereocenters. The van der Waals surface area contributed by atoms with Crippen LogP contribution in [0.25, 0.3) is 0 Å². The third kappa shape index (κ3) is 9.79. The molecule has 0 saturated carbocycles. The number of allylic oxidation sites excluding steroid dienone is 5. The van der Waals surface area contributed by atoms with Gasteiger partial charge in [0.05, 0.1) is 15.5 Å². The van der Waals surface area contributed by atoms with Gasteiger partial charge in [0.15, 0.2) is 9.84 Å². The summed E-state index contributed by atoms with van der Waals surface area (Å²) in [6, 6.07) is 8.95. The van der Waals surface area contributed by atoms with Crippen LogP contribution in [0, 0.1) is 6.92 Å². The lowest BCUT2D eigenvalue weighted by atomic mass is 9.76. The molecule has 2 aromatic rings. The second-order valence-corrected chi connectivity index (χ2v) is 18.0. The maximum absolute atomic E-state index is 12.2. The molecule has 1 aliphatic rings. The number of hydrogen-bond acceptors (Lipinski definition) is 8. The number of nitrogens with zero attached hydrogens (tertiary/aromatic N) is 1. The molecular formula is C35H46N2O9S3. The van der Waals surface area contributed by atoms with Crippen molar-refractivity contribution >= 4 is 41.7 Å². The van der Waals surface area contributed by atoms with Crippen LogP contribution >= 0.6 is 0 Å². The van der Waals surface area contributed by atoms with Gasteiger partial charge in [0.2, 0.25) is 5.91 Å². The van der Waals surface area contributed by atoms with Crippen molar-refractivity contribution in [2.45, 2.75) is 80.9 Å². The van der Waals surface area contributed by atoms with E-state index in [2.05, 4.69) is 23.4 Å². The number of aryl methyl sites for hydroxylation is 1. The van der Waals surface area contributed by atoms with Gasteiger partial charge in [-0.1, -0.05) is 65.5 Å². The number of unbranched alkanes of at least 4 members (excludes halogenated alkanes) is 2. The Kier molecular flexibility index (Phi) is 12.3. The van der Waals surface area contributed by atoms with Crippen LogP contribution in [-0.2, 0) is 45.7 Å². The highest BCUT2D eigenvalue weighted by molar-refractivity contribution is 7.94. The monoisotopic (exact) mass is 734 g/mol. The lowest BCUT2D eigenvalue weighted by molar-refractivity contribution is -0.121. The van der Waals surface area contributed by atoms with E-state index < -0.39 is 40.9 Å². The lowest BCUT2D eigenvalue weighted by Gasteiger charge is -2.29. The van der Waals surface area contributed by atoms with Crippen molar-refractivity contribution in [3.05, 3.63) is 101 Å². The van der Waals surface area contributed by atoms with E-state index in [9.17, 15) is 39.2 Å². The van der Waals surface area contributed by atoms with Gasteiger partial charge in [0, 0.05) is 47.1 Å². The van der Waals surface area contributed by atoms with Gasteiger partial charge in [-0.15, -0.1) is 0 Å². The van der Waals surface area contributed by atoms with Crippen LogP contribution in [0.4, 0.5) is 5.69 Å². The Balaban J connectivity index is 1.83. The lowest BCUT2D eigenvalue weighted by Crippen LogP contribution is -2.28. The quantitative estimate of drug-likeness (QED) is 0.109. The first-order valence-corrected chi connectivity index (χ1v) is 20.3. The molecule has 0 radical (unpaired) electrons. The molecule has 1 amide bonds. The number of amides is 1. The van der Waals surface area contributed by atoms with E-state index >= 15 is 0 Å². The fraction of sp³-hybridized carbons (Fsp3) is 0.400. The maximum atomic E-state index is 12.2. The molecule has 0 bridgehead atoms. The first-order chi connectivity index (χ1) is 22.5. The summed E-state index contributed by atoms with van der Waals surface area (Å²) in [4.78, 5) is 13.9. The number of anilines is 1. The number of nitrogens with one attached hydrogen (secondary N) is 1. The number of hydrogen-bond donors (Lipinski definition) is 3. The predicted molar refractivity (Wildman–Crippen MR) is 192 cm³/mol. The molecular weight excluding hydrogens is 689 g/mol. The number of fused-ring (bicyclic) bond motifs is 1. The zero-order chi connectivity index (χ0) is 37.0. The molecule has 14 heteroatoms. The van der Waals surface area contributed by atoms with Crippen LogP contribution in [-0.4, -0.2) is 59.1 Å². The molecule has 0 aliphatic carbocycles. The Labute approximate surface area is 290 Å². The van der Waals surface area contributed by atoms with Crippen LogP contribution < -0.4 is 10.2 Å². The topological polar surface area (TPSA) is 175 Å². The minimum Gasteiger partial charge on any atom is -0.355 e. The number of carbonyl (C=O) groups excluding carboxylic acids is 1. The number of sulfone groups is 1. The van der Waals surface area contributed by atoms with Crippen LogP contribution in [0.15, 0.2) is 94.3 Å². The van der Waals surface area contributed by atoms with Gasteiger partial charge >= 0.3 is 0 Å². The number of rotatable bonds is 16. The SMILES string of the molecule is C=CS(=O)(=O)CCNC(=O)CCCCCN1/C(=C/C=C/C(=C)C(C)(C)c2cc(S(=O)(=O)O)ccc2C)C(C)(C)c2cc(S(=O)(=O)O)ccc21. The van der Waals surface area contributed by atoms with Crippen molar-refractivity contribution in [3.63, 3.8) is 0 Å². The van der Waals surface area contributed by atoms with E-state index in [1.165, 1.54) is 24.3 Å². The van der Waals surface area contributed by atoms with Gasteiger partial charge in [-0.05, 0) is 78.4 Å². The molecule has 0 aromatic heterocycles. The highest BCUT2D eigenvalue weighted by Crippen LogP contribution is 2.48. The number of carbonyl (C=O) groups is 1. The minimum atomic E-state index is -4.44.